The van der Waals surface area contributed by atoms with Gasteiger partial charge in [0.15, 0.2) is 0 Å². The third-order valence-electron chi connectivity index (χ3n) is 1.89. The summed E-state index contributed by atoms with van der Waals surface area (Å²) >= 11 is 0. The lowest BCUT2D eigenvalue weighted by molar-refractivity contribution is -0.374. The quantitative estimate of drug-likeness (QED) is 0.770. The van der Waals surface area contributed by atoms with Crippen LogP contribution in [0.25, 0.3) is 0 Å². The van der Waals surface area contributed by atoms with Crippen molar-refractivity contribution in [1.29, 1.82) is 0 Å². The summed E-state index contributed by atoms with van der Waals surface area (Å²) in [6.45, 7) is -0.517. The highest BCUT2D eigenvalue weighted by molar-refractivity contribution is 5.03. The molecule has 0 aliphatic carbocycles. The first-order valence-electron chi connectivity index (χ1n) is 3.89. The van der Waals surface area contributed by atoms with Crippen LogP contribution < -0.4 is 0 Å². The summed E-state index contributed by atoms with van der Waals surface area (Å²) in [6.07, 6.45) is -3.20. The van der Waals surface area contributed by atoms with Crippen molar-refractivity contribution in [3.63, 3.8) is 0 Å². The Morgan fingerprint density at radius 3 is 1.31 bits per heavy atom. The zero-order chi connectivity index (χ0) is 13.6. The fraction of sp³-hybridized carbons (Fsp3) is 1.00. The summed E-state index contributed by atoms with van der Waals surface area (Å²) in [5.41, 5.74) is 0. The Bertz CT molecular complexity index is 254. The number of alkyl halides is 8. The van der Waals surface area contributed by atoms with Crippen molar-refractivity contribution in [1.82, 2.24) is 0 Å². The Morgan fingerprint density at radius 2 is 1.12 bits per heavy atom. The van der Waals surface area contributed by atoms with Crippen LogP contribution >= 0.6 is 0 Å². The first kappa shape index (κ1) is 15.4. The van der Waals surface area contributed by atoms with Crippen molar-refractivity contribution in [3.8, 4) is 0 Å². The van der Waals surface area contributed by atoms with Crippen LogP contribution in [0.5, 0.6) is 0 Å². The van der Waals surface area contributed by atoms with Crippen LogP contribution in [0.2, 0.25) is 0 Å². The summed E-state index contributed by atoms with van der Waals surface area (Å²) in [5, 5.41) is 8.24. The molecular formula is C7H8F8O. The molecule has 0 spiro atoms. The monoisotopic (exact) mass is 260 g/mol. The van der Waals surface area contributed by atoms with Gasteiger partial charge in [-0.25, -0.2) is 0 Å². The second kappa shape index (κ2) is 3.71. The average molecular weight is 260 g/mol. The standard InChI is InChI=1S/C7H8F8O/c1-3(16)5(10,11)7(14,15)6(12,13)4(2,8)9/h3,16H,1-2H3. The van der Waals surface area contributed by atoms with Gasteiger partial charge in [-0.1, -0.05) is 0 Å². The molecule has 0 aliphatic rings. The molecule has 1 nitrogen and oxygen atoms in total. The third kappa shape index (κ3) is 1.96. The highest BCUT2D eigenvalue weighted by atomic mass is 19.4. The predicted molar refractivity (Wildman–Crippen MR) is 37.1 cm³/mol. The number of hydrogen-bond donors (Lipinski definition) is 1. The number of hydrogen-bond acceptors (Lipinski definition) is 1. The molecule has 0 rings (SSSR count). The Balaban J connectivity index is 5.53. The van der Waals surface area contributed by atoms with Crippen LogP contribution in [0.4, 0.5) is 35.1 Å². The smallest absolute Gasteiger partial charge is 0.380 e. The molecule has 0 aromatic rings. The zero-order valence-electron chi connectivity index (χ0n) is 8.05. The minimum atomic E-state index is -6.37. The van der Waals surface area contributed by atoms with Gasteiger partial charge in [-0.3, -0.25) is 0 Å². The maximum Gasteiger partial charge on any atom is 0.380 e. The Labute approximate surface area is 85.0 Å². The molecule has 98 valence electrons. The predicted octanol–water partition coefficient (Wildman–Crippen LogP) is 2.93. The van der Waals surface area contributed by atoms with Gasteiger partial charge >= 0.3 is 23.7 Å². The van der Waals surface area contributed by atoms with E-state index in [-0.39, 0.29) is 6.92 Å². The van der Waals surface area contributed by atoms with Gasteiger partial charge in [0.25, 0.3) is 0 Å². The van der Waals surface area contributed by atoms with E-state index < -0.39 is 36.7 Å². The number of aliphatic hydroxyl groups excluding tert-OH is 1. The molecule has 1 atom stereocenters. The lowest BCUT2D eigenvalue weighted by Gasteiger charge is -2.36. The second-order valence-corrected chi connectivity index (χ2v) is 3.34. The van der Waals surface area contributed by atoms with Gasteiger partial charge in [0.05, 0.1) is 0 Å². The minimum Gasteiger partial charge on any atom is -0.387 e. The fourth-order valence-electron chi connectivity index (χ4n) is 0.747. The molecule has 0 aromatic heterocycles. The van der Waals surface area contributed by atoms with E-state index in [1.807, 2.05) is 0 Å². The molecule has 0 saturated heterocycles. The van der Waals surface area contributed by atoms with Gasteiger partial charge in [0.1, 0.15) is 6.10 Å². The Hall–Kier alpha value is -0.600. The van der Waals surface area contributed by atoms with Crippen LogP contribution in [0, 0.1) is 0 Å². The van der Waals surface area contributed by atoms with Crippen molar-refractivity contribution >= 4 is 0 Å². The normalized spacial score (nSPS) is 17.4. The van der Waals surface area contributed by atoms with E-state index in [0.29, 0.717) is 0 Å². The van der Waals surface area contributed by atoms with Crippen LogP contribution in [0.3, 0.4) is 0 Å². The molecular weight excluding hydrogens is 252 g/mol. The number of aliphatic hydroxyl groups is 1. The van der Waals surface area contributed by atoms with Crippen molar-refractivity contribution in [3.05, 3.63) is 0 Å². The van der Waals surface area contributed by atoms with E-state index in [1.54, 1.807) is 0 Å². The van der Waals surface area contributed by atoms with Gasteiger partial charge in [0.2, 0.25) is 0 Å². The van der Waals surface area contributed by atoms with Crippen molar-refractivity contribution in [2.75, 3.05) is 0 Å². The van der Waals surface area contributed by atoms with Gasteiger partial charge in [-0.15, -0.1) is 0 Å². The maximum atomic E-state index is 12.6. The molecule has 16 heavy (non-hydrogen) atoms. The lowest BCUT2D eigenvalue weighted by atomic mass is 9.96. The summed E-state index contributed by atoms with van der Waals surface area (Å²) in [5.74, 6) is -23.7. The highest BCUT2D eigenvalue weighted by Crippen LogP contribution is 2.53. The molecule has 0 aliphatic heterocycles. The van der Waals surface area contributed by atoms with Gasteiger partial charge < -0.3 is 5.11 Å². The van der Waals surface area contributed by atoms with Crippen LogP contribution in [-0.2, 0) is 0 Å². The van der Waals surface area contributed by atoms with Gasteiger partial charge in [-0.05, 0) is 6.92 Å². The zero-order valence-corrected chi connectivity index (χ0v) is 8.05. The van der Waals surface area contributed by atoms with Gasteiger partial charge in [0, 0.05) is 6.92 Å². The molecule has 9 heteroatoms. The molecule has 0 amide bonds. The molecule has 0 fully saturated rings. The first-order valence-corrected chi connectivity index (χ1v) is 3.89. The summed E-state index contributed by atoms with van der Waals surface area (Å²) in [6, 6.07) is 0. The summed E-state index contributed by atoms with van der Waals surface area (Å²) in [7, 11) is 0. The SMILES string of the molecule is CC(O)C(F)(F)C(F)(F)C(F)(F)C(C)(F)F. The van der Waals surface area contributed by atoms with E-state index in [9.17, 15) is 35.1 Å². The van der Waals surface area contributed by atoms with Crippen molar-refractivity contribution < 1.29 is 40.2 Å². The summed E-state index contributed by atoms with van der Waals surface area (Å²) in [4.78, 5) is 0. The molecule has 0 bridgehead atoms. The van der Waals surface area contributed by atoms with Crippen LogP contribution in [-0.4, -0.2) is 34.9 Å². The fourth-order valence-corrected chi connectivity index (χ4v) is 0.747. The van der Waals surface area contributed by atoms with E-state index in [4.69, 9.17) is 5.11 Å². The molecule has 0 radical (unpaired) electrons. The maximum absolute atomic E-state index is 12.6. The molecule has 0 aromatic carbocycles. The highest BCUT2D eigenvalue weighted by Gasteiger charge is 2.80. The number of halogens is 8. The second-order valence-electron chi connectivity index (χ2n) is 3.34. The topological polar surface area (TPSA) is 20.2 Å². The van der Waals surface area contributed by atoms with E-state index in [2.05, 4.69) is 0 Å². The Kier molecular flexibility index (Phi) is 3.57. The van der Waals surface area contributed by atoms with E-state index in [0.717, 1.165) is 0 Å². The minimum absolute atomic E-state index is 0.0950. The first-order chi connectivity index (χ1) is 6.69. The molecule has 0 heterocycles. The van der Waals surface area contributed by atoms with E-state index in [1.165, 1.54) is 0 Å². The Morgan fingerprint density at radius 1 is 0.812 bits per heavy atom. The average Bonchev–Trinajstić information content (AvgIpc) is 2.00. The summed E-state index contributed by atoms with van der Waals surface area (Å²) < 4.78 is 99.5. The lowest BCUT2D eigenvalue weighted by Crippen LogP contribution is -2.64. The molecule has 1 N–H and O–H groups in total. The molecule has 1 unspecified atom stereocenters. The van der Waals surface area contributed by atoms with Crippen LogP contribution in [0.15, 0.2) is 0 Å². The van der Waals surface area contributed by atoms with Crippen molar-refractivity contribution in [2.24, 2.45) is 0 Å². The third-order valence-corrected chi connectivity index (χ3v) is 1.89. The molecule has 0 saturated carbocycles. The van der Waals surface area contributed by atoms with E-state index >= 15 is 0 Å². The van der Waals surface area contributed by atoms with Crippen molar-refractivity contribution in [2.45, 2.75) is 43.6 Å². The van der Waals surface area contributed by atoms with Crippen LogP contribution in [0.1, 0.15) is 13.8 Å². The largest absolute Gasteiger partial charge is 0.387 e. The number of rotatable bonds is 4. The van der Waals surface area contributed by atoms with Gasteiger partial charge in [-0.2, -0.15) is 35.1 Å².